The molecule has 0 radical (unpaired) electrons. The van der Waals surface area contributed by atoms with Crippen molar-refractivity contribution < 1.29 is 9.53 Å². The van der Waals surface area contributed by atoms with Gasteiger partial charge in [-0.05, 0) is 49.4 Å². The Hall–Kier alpha value is -1.49. The van der Waals surface area contributed by atoms with Crippen molar-refractivity contribution in [1.82, 2.24) is 9.88 Å². The Kier molecular flexibility index (Phi) is 4.19. The summed E-state index contributed by atoms with van der Waals surface area (Å²) in [7, 11) is 0. The number of H-pyrrole nitrogens is 1. The van der Waals surface area contributed by atoms with E-state index in [-0.39, 0.29) is 6.09 Å². The highest BCUT2D eigenvalue weighted by Crippen LogP contribution is 2.27. The Morgan fingerprint density at radius 2 is 2.38 bits per heavy atom. The third kappa shape index (κ3) is 3.07. The molecule has 0 spiro atoms. The van der Waals surface area contributed by atoms with Crippen LogP contribution >= 0.6 is 15.9 Å². The number of carbonyl (C=O) groups excluding carboxylic acids is 1. The number of amides is 1. The van der Waals surface area contributed by atoms with Gasteiger partial charge in [-0.25, -0.2) is 4.79 Å². The molecular formula is C16H19BrN2O2. The van der Waals surface area contributed by atoms with Crippen LogP contribution in [0.15, 0.2) is 28.9 Å². The van der Waals surface area contributed by atoms with E-state index >= 15 is 0 Å². The van der Waals surface area contributed by atoms with Crippen molar-refractivity contribution in [2.45, 2.75) is 19.8 Å². The average Bonchev–Trinajstić information content (AvgIpc) is 3.07. The fourth-order valence-electron chi connectivity index (χ4n) is 3.01. The number of halogens is 1. The number of hydrogen-bond acceptors (Lipinski definition) is 2. The number of benzene rings is 1. The second kappa shape index (κ2) is 6.10. The van der Waals surface area contributed by atoms with E-state index in [4.69, 9.17) is 4.74 Å². The average molecular weight is 351 g/mol. The second-order valence-electron chi connectivity index (χ2n) is 5.51. The van der Waals surface area contributed by atoms with Crippen molar-refractivity contribution in [3.63, 3.8) is 0 Å². The predicted octanol–water partition coefficient (Wildman–Crippen LogP) is 3.95. The van der Waals surface area contributed by atoms with Gasteiger partial charge in [-0.15, -0.1) is 0 Å². The Bertz CT molecular complexity index is 653. The monoisotopic (exact) mass is 350 g/mol. The molecular weight excluding hydrogens is 332 g/mol. The van der Waals surface area contributed by atoms with E-state index in [1.807, 2.05) is 17.9 Å². The second-order valence-corrected chi connectivity index (χ2v) is 6.42. The fourth-order valence-corrected chi connectivity index (χ4v) is 3.37. The van der Waals surface area contributed by atoms with Crippen LogP contribution in [0.25, 0.3) is 10.9 Å². The molecule has 5 heteroatoms. The maximum absolute atomic E-state index is 11.7. The molecule has 112 valence electrons. The van der Waals surface area contributed by atoms with Gasteiger partial charge in [0.05, 0.1) is 6.61 Å². The van der Waals surface area contributed by atoms with E-state index in [1.165, 1.54) is 10.9 Å². The van der Waals surface area contributed by atoms with Gasteiger partial charge in [-0.1, -0.05) is 15.9 Å². The standard InChI is InChI=1S/C16H19BrN2O2/c1-2-21-16(20)19-6-5-11(10-19)7-12-9-18-15-4-3-13(17)8-14(12)15/h3-4,8-9,11,18H,2,5-7,10H2,1H3. The van der Waals surface area contributed by atoms with Crippen LogP contribution in [0.5, 0.6) is 0 Å². The molecule has 1 aliphatic heterocycles. The summed E-state index contributed by atoms with van der Waals surface area (Å²) in [6.07, 6.45) is 3.94. The predicted molar refractivity (Wildman–Crippen MR) is 86.4 cm³/mol. The van der Waals surface area contributed by atoms with Crippen LogP contribution in [-0.2, 0) is 11.2 Å². The molecule has 4 nitrogen and oxygen atoms in total. The van der Waals surface area contributed by atoms with E-state index in [9.17, 15) is 4.79 Å². The minimum absolute atomic E-state index is 0.179. The topological polar surface area (TPSA) is 45.3 Å². The summed E-state index contributed by atoms with van der Waals surface area (Å²) in [6, 6.07) is 6.28. The van der Waals surface area contributed by atoms with Crippen molar-refractivity contribution in [1.29, 1.82) is 0 Å². The zero-order valence-corrected chi connectivity index (χ0v) is 13.6. The Morgan fingerprint density at radius 3 is 3.19 bits per heavy atom. The Morgan fingerprint density at radius 1 is 1.52 bits per heavy atom. The number of carbonyl (C=O) groups is 1. The highest BCUT2D eigenvalue weighted by Gasteiger charge is 2.27. The lowest BCUT2D eigenvalue weighted by Gasteiger charge is -2.15. The summed E-state index contributed by atoms with van der Waals surface area (Å²) in [4.78, 5) is 16.9. The maximum Gasteiger partial charge on any atom is 0.409 e. The first-order valence-corrected chi connectivity index (χ1v) is 8.14. The lowest BCUT2D eigenvalue weighted by Crippen LogP contribution is -2.29. The van der Waals surface area contributed by atoms with Gasteiger partial charge in [0.15, 0.2) is 0 Å². The van der Waals surface area contributed by atoms with Crippen LogP contribution < -0.4 is 0 Å². The highest BCUT2D eigenvalue weighted by atomic mass is 79.9. The Balaban J connectivity index is 1.69. The van der Waals surface area contributed by atoms with Gasteiger partial charge in [0.25, 0.3) is 0 Å². The first-order valence-electron chi connectivity index (χ1n) is 7.34. The molecule has 1 unspecified atom stereocenters. The minimum Gasteiger partial charge on any atom is -0.450 e. The third-order valence-electron chi connectivity index (χ3n) is 4.05. The van der Waals surface area contributed by atoms with Crippen molar-refractivity contribution in [3.8, 4) is 0 Å². The summed E-state index contributed by atoms with van der Waals surface area (Å²) >= 11 is 3.53. The lowest BCUT2D eigenvalue weighted by molar-refractivity contribution is 0.114. The van der Waals surface area contributed by atoms with Crippen molar-refractivity contribution in [3.05, 3.63) is 34.4 Å². The molecule has 21 heavy (non-hydrogen) atoms. The van der Waals surface area contributed by atoms with E-state index in [1.54, 1.807) is 0 Å². The maximum atomic E-state index is 11.7. The molecule has 0 saturated carbocycles. The molecule has 1 amide bonds. The largest absolute Gasteiger partial charge is 0.450 e. The zero-order chi connectivity index (χ0) is 14.8. The number of nitrogens with one attached hydrogen (secondary N) is 1. The summed E-state index contributed by atoms with van der Waals surface area (Å²) in [5.74, 6) is 0.507. The summed E-state index contributed by atoms with van der Waals surface area (Å²) in [6.45, 7) is 3.88. The molecule has 1 N–H and O–H groups in total. The number of rotatable bonds is 3. The molecule has 1 saturated heterocycles. The van der Waals surface area contributed by atoms with Gasteiger partial charge in [0.2, 0.25) is 0 Å². The summed E-state index contributed by atoms with van der Waals surface area (Å²) in [5.41, 5.74) is 2.48. The first kappa shape index (κ1) is 14.4. The molecule has 0 aliphatic carbocycles. The minimum atomic E-state index is -0.179. The molecule has 2 heterocycles. The van der Waals surface area contributed by atoms with Crippen LogP contribution in [0.4, 0.5) is 4.79 Å². The number of hydrogen-bond donors (Lipinski definition) is 1. The number of nitrogens with zero attached hydrogens (tertiary/aromatic N) is 1. The van der Waals surface area contributed by atoms with Crippen LogP contribution in [-0.4, -0.2) is 35.7 Å². The van der Waals surface area contributed by atoms with Gasteiger partial charge >= 0.3 is 6.09 Å². The van der Waals surface area contributed by atoms with Crippen LogP contribution in [0.1, 0.15) is 18.9 Å². The van der Waals surface area contributed by atoms with Gasteiger partial charge < -0.3 is 14.6 Å². The molecule has 3 rings (SSSR count). The van der Waals surface area contributed by atoms with E-state index in [0.717, 1.165) is 35.9 Å². The van der Waals surface area contributed by atoms with Crippen molar-refractivity contribution in [2.24, 2.45) is 5.92 Å². The van der Waals surface area contributed by atoms with E-state index < -0.39 is 0 Å². The number of aromatic nitrogens is 1. The smallest absolute Gasteiger partial charge is 0.409 e. The lowest BCUT2D eigenvalue weighted by atomic mass is 9.98. The fraction of sp³-hybridized carbons (Fsp3) is 0.438. The number of fused-ring (bicyclic) bond motifs is 1. The normalized spacial score (nSPS) is 18.4. The molecule has 0 bridgehead atoms. The molecule has 1 fully saturated rings. The first-order chi connectivity index (χ1) is 10.2. The Labute approximate surface area is 132 Å². The molecule has 2 aromatic rings. The molecule has 1 aromatic heterocycles. The molecule has 1 aromatic carbocycles. The van der Waals surface area contributed by atoms with Crippen LogP contribution in [0, 0.1) is 5.92 Å². The van der Waals surface area contributed by atoms with Gasteiger partial charge in [-0.2, -0.15) is 0 Å². The number of ether oxygens (including phenoxy) is 1. The van der Waals surface area contributed by atoms with E-state index in [0.29, 0.717) is 12.5 Å². The highest BCUT2D eigenvalue weighted by molar-refractivity contribution is 9.10. The third-order valence-corrected chi connectivity index (χ3v) is 4.54. The van der Waals surface area contributed by atoms with E-state index in [2.05, 4.69) is 39.2 Å². The zero-order valence-electron chi connectivity index (χ0n) is 12.1. The summed E-state index contributed by atoms with van der Waals surface area (Å²) in [5, 5.41) is 1.26. The quantitative estimate of drug-likeness (QED) is 0.910. The SMILES string of the molecule is CCOC(=O)N1CCC(Cc2c[nH]c3ccc(Br)cc23)C1. The number of aromatic amines is 1. The molecule has 1 aliphatic rings. The number of likely N-dealkylation sites (tertiary alicyclic amines) is 1. The molecule has 1 atom stereocenters. The van der Waals surface area contributed by atoms with Crippen LogP contribution in [0.2, 0.25) is 0 Å². The van der Waals surface area contributed by atoms with Gasteiger partial charge in [-0.3, -0.25) is 0 Å². The van der Waals surface area contributed by atoms with Gasteiger partial charge in [0, 0.05) is 34.7 Å². The van der Waals surface area contributed by atoms with Crippen molar-refractivity contribution in [2.75, 3.05) is 19.7 Å². The summed E-state index contributed by atoms with van der Waals surface area (Å²) < 4.78 is 6.16. The van der Waals surface area contributed by atoms with Crippen molar-refractivity contribution >= 4 is 32.9 Å². The van der Waals surface area contributed by atoms with Crippen LogP contribution in [0.3, 0.4) is 0 Å². The van der Waals surface area contributed by atoms with Gasteiger partial charge in [0.1, 0.15) is 0 Å².